The molecule has 0 spiro atoms. The summed E-state index contributed by atoms with van der Waals surface area (Å²) < 4.78 is 72.6. The lowest BCUT2D eigenvalue weighted by molar-refractivity contribution is 0.389. The molecule has 0 amide bonds. The van der Waals surface area contributed by atoms with Gasteiger partial charge in [0.15, 0.2) is 0 Å². The van der Waals surface area contributed by atoms with Crippen molar-refractivity contribution >= 4 is 78.2 Å². The van der Waals surface area contributed by atoms with E-state index in [0.29, 0.717) is 40.5 Å². The molecular formula is C73H104O14. The van der Waals surface area contributed by atoms with Gasteiger partial charge in [-0.15, -0.1) is 0 Å². The summed E-state index contributed by atoms with van der Waals surface area (Å²) in [5.74, 6) is 9.18. The van der Waals surface area contributed by atoms with E-state index >= 15 is 0 Å². The lowest BCUT2D eigenvalue weighted by atomic mass is 9.93. The number of fused-ring (bicyclic) bond motifs is 7. The zero-order valence-corrected chi connectivity index (χ0v) is 58.1. The summed E-state index contributed by atoms with van der Waals surface area (Å²) in [5, 5.41) is 7.61. The monoisotopic (exact) mass is 1200 g/mol. The SMILES string of the molecule is CC.CC.CC.CC.CC.CC.CC.CC(C)(C)c1cc2ccoc2o1.CCc1cc2ccoc2o1.Cc1cc2c(C)coc2o1.Cc1coc2occ(C)c12.Cc1coc2occ(C)c12.Cc1oc2occ(C)c2c1C.Cc1oc2occc2c1C. The second-order valence-corrected chi connectivity index (χ2v) is 19.0. The van der Waals surface area contributed by atoms with E-state index in [1.165, 1.54) is 11.1 Å². The lowest BCUT2D eigenvalue weighted by Gasteiger charge is -2.13. The molecule has 14 rings (SSSR count). The van der Waals surface area contributed by atoms with Crippen LogP contribution in [0.3, 0.4) is 0 Å². The molecular weight excluding hydrogens is 1100 g/mol. The van der Waals surface area contributed by atoms with Crippen LogP contribution in [0.1, 0.15) is 198 Å². The molecule has 0 N–H and O–H groups in total. The smallest absolute Gasteiger partial charge is 0.297 e. The Balaban J connectivity index is 0.000000491. The Labute approximate surface area is 516 Å². The van der Waals surface area contributed by atoms with Crippen molar-refractivity contribution in [3.63, 3.8) is 0 Å². The maximum atomic E-state index is 5.51. The quantitative estimate of drug-likeness (QED) is 0.151. The molecule has 0 fully saturated rings. The molecule has 14 heteroatoms. The fourth-order valence-electron chi connectivity index (χ4n) is 7.94. The second kappa shape index (κ2) is 38.7. The van der Waals surface area contributed by atoms with Crippen LogP contribution in [-0.4, -0.2) is 0 Å². The van der Waals surface area contributed by atoms with E-state index in [2.05, 4.69) is 27.7 Å². The van der Waals surface area contributed by atoms with Crippen molar-refractivity contribution in [3.8, 4) is 0 Å². The van der Waals surface area contributed by atoms with Crippen molar-refractivity contribution in [2.75, 3.05) is 0 Å². The summed E-state index contributed by atoms with van der Waals surface area (Å²) in [7, 11) is 0. The van der Waals surface area contributed by atoms with Crippen molar-refractivity contribution in [3.05, 3.63) is 166 Å². The van der Waals surface area contributed by atoms with Crippen molar-refractivity contribution < 1.29 is 61.8 Å². The Kier molecular flexibility index (Phi) is 34.2. The molecule has 0 aliphatic carbocycles. The first-order valence-corrected chi connectivity index (χ1v) is 30.9. The predicted octanol–water partition coefficient (Wildman–Crippen LogP) is 26.6. The van der Waals surface area contributed by atoms with Crippen LogP contribution in [-0.2, 0) is 11.8 Å². The van der Waals surface area contributed by atoms with Gasteiger partial charge >= 0.3 is 0 Å². The molecule has 87 heavy (non-hydrogen) atoms. The molecule has 0 aromatic carbocycles. The first-order chi connectivity index (χ1) is 41.8. The molecule has 480 valence electrons. The predicted molar refractivity (Wildman–Crippen MR) is 359 cm³/mol. The standard InChI is InChI=1S/C10H12O2.C9H10O2.5C8H8O2.7C2H6/c1-10(2,3)8-6-7-4-5-11-9(7)12-8;1-5-4-10-9-8(5)6(2)7(3)11-9;1-5-4-9-8-7(5)3-6(2)10-8;2*1-5-3-9-8-7(5)6(2)4-10-8;1-5-6(2)10-8-7(5)3-4-9-8;1-2-7-5-6-3-4-9-8(6)10-7;7*1-2/h4-6H,1-3H3;4H,1-3H3;4*3-4H,1-2H3;3-5H,2H2,1H3;7*1-2H3. The van der Waals surface area contributed by atoms with E-state index in [1.807, 2.05) is 209 Å². The molecule has 14 aromatic heterocycles. The average Bonchev–Trinajstić information content (AvgIpc) is 3.81. The van der Waals surface area contributed by atoms with Crippen molar-refractivity contribution in [2.45, 2.75) is 213 Å². The fraction of sp³-hybridized carbons (Fsp3) is 0.425. The van der Waals surface area contributed by atoms with Gasteiger partial charge < -0.3 is 61.8 Å². The van der Waals surface area contributed by atoms with Crippen molar-refractivity contribution in [1.29, 1.82) is 0 Å². The van der Waals surface area contributed by atoms with E-state index in [-0.39, 0.29) is 5.41 Å². The third-order valence-corrected chi connectivity index (χ3v) is 12.3. The summed E-state index contributed by atoms with van der Waals surface area (Å²) in [6.45, 7) is 58.3. The molecule has 0 bridgehead atoms. The maximum absolute atomic E-state index is 5.51. The highest BCUT2D eigenvalue weighted by Gasteiger charge is 2.20. The third-order valence-electron chi connectivity index (χ3n) is 12.3. The highest BCUT2D eigenvalue weighted by Crippen LogP contribution is 2.31. The minimum atomic E-state index is 0.0571. The maximum Gasteiger partial charge on any atom is 0.297 e. The molecule has 14 heterocycles. The number of furan rings is 14. The molecule has 0 aliphatic rings. The van der Waals surface area contributed by atoms with Gasteiger partial charge in [-0.1, -0.05) is 125 Å². The zero-order valence-electron chi connectivity index (χ0n) is 58.1. The average molecular weight is 1210 g/mol. The zero-order chi connectivity index (χ0) is 66.3. The van der Waals surface area contributed by atoms with Crippen LogP contribution < -0.4 is 0 Å². The van der Waals surface area contributed by atoms with Crippen molar-refractivity contribution in [2.24, 2.45) is 0 Å². The third kappa shape index (κ3) is 20.4. The number of hydrogen-bond acceptors (Lipinski definition) is 14. The Morgan fingerprint density at radius 1 is 0.322 bits per heavy atom. The molecule has 0 aliphatic heterocycles. The van der Waals surface area contributed by atoms with Crippen LogP contribution in [0, 0.1) is 76.2 Å². The Hall–Kier alpha value is -8.26. The lowest BCUT2D eigenvalue weighted by Crippen LogP contribution is -2.08. The largest absolute Gasteiger partial charge is 0.433 e. The van der Waals surface area contributed by atoms with Crippen LogP contribution in [0.25, 0.3) is 78.2 Å². The summed E-state index contributed by atoms with van der Waals surface area (Å²) >= 11 is 0. The molecule has 0 saturated heterocycles. The highest BCUT2D eigenvalue weighted by molar-refractivity contribution is 5.82. The molecule has 14 nitrogen and oxygen atoms in total. The summed E-state index contributed by atoms with van der Waals surface area (Å²) in [5.41, 5.74) is 9.25. The van der Waals surface area contributed by atoms with Crippen LogP contribution in [0.4, 0.5) is 0 Å². The van der Waals surface area contributed by atoms with Gasteiger partial charge in [-0.05, 0) is 146 Å². The van der Waals surface area contributed by atoms with E-state index in [0.717, 1.165) is 106 Å². The molecule has 0 unspecified atom stereocenters. The minimum absolute atomic E-state index is 0.0571. The number of rotatable bonds is 1. The Morgan fingerprint density at radius 2 is 0.690 bits per heavy atom. The van der Waals surface area contributed by atoms with Gasteiger partial charge in [0.2, 0.25) is 0 Å². The summed E-state index contributed by atoms with van der Waals surface area (Å²) in [6.07, 6.45) is 16.1. The van der Waals surface area contributed by atoms with Crippen LogP contribution in [0.15, 0.2) is 155 Å². The molecule has 0 radical (unpaired) electrons. The Morgan fingerprint density at radius 3 is 1.09 bits per heavy atom. The Bertz CT molecular complexity index is 3790. The van der Waals surface area contributed by atoms with Gasteiger partial charge in [0, 0.05) is 23.0 Å². The van der Waals surface area contributed by atoms with Gasteiger partial charge in [-0.25, -0.2) is 0 Å². The van der Waals surface area contributed by atoms with Gasteiger partial charge in [-0.3, -0.25) is 0 Å². The minimum Gasteiger partial charge on any atom is -0.433 e. The highest BCUT2D eigenvalue weighted by atomic mass is 16.5. The van der Waals surface area contributed by atoms with Gasteiger partial charge in [-0.2, -0.15) is 0 Å². The van der Waals surface area contributed by atoms with Gasteiger partial charge in [0.05, 0.1) is 94.1 Å². The fourth-order valence-corrected chi connectivity index (χ4v) is 7.94. The summed E-state index contributed by atoms with van der Waals surface area (Å²) in [6, 6.07) is 11.7. The molecule has 14 aromatic rings. The van der Waals surface area contributed by atoms with E-state index in [1.54, 1.807) is 56.4 Å². The first-order valence-electron chi connectivity index (χ1n) is 30.9. The van der Waals surface area contributed by atoms with E-state index in [9.17, 15) is 0 Å². The van der Waals surface area contributed by atoms with Crippen LogP contribution in [0.2, 0.25) is 0 Å². The van der Waals surface area contributed by atoms with E-state index < -0.39 is 0 Å². The van der Waals surface area contributed by atoms with Gasteiger partial charge in [0.1, 0.15) is 28.8 Å². The van der Waals surface area contributed by atoms with Crippen LogP contribution >= 0.6 is 0 Å². The number of aryl methyl sites for hydroxylation is 12. The van der Waals surface area contributed by atoms with Gasteiger partial charge in [0.25, 0.3) is 40.5 Å². The number of hydrogen-bond donors (Lipinski definition) is 0. The molecule has 0 atom stereocenters. The topological polar surface area (TPSA) is 184 Å². The summed E-state index contributed by atoms with van der Waals surface area (Å²) in [4.78, 5) is 0. The second-order valence-electron chi connectivity index (χ2n) is 19.0. The van der Waals surface area contributed by atoms with Crippen LogP contribution in [0.5, 0.6) is 0 Å². The first kappa shape index (κ1) is 76.8. The molecule has 0 saturated carbocycles. The van der Waals surface area contributed by atoms with Crippen molar-refractivity contribution in [1.82, 2.24) is 0 Å². The van der Waals surface area contributed by atoms with E-state index in [4.69, 9.17) is 61.8 Å². The normalized spacial score (nSPS) is 9.94.